The van der Waals surface area contributed by atoms with Crippen molar-refractivity contribution in [2.75, 3.05) is 0 Å². The van der Waals surface area contributed by atoms with Crippen molar-refractivity contribution in [2.24, 2.45) is 0 Å². The smallest absolute Gasteiger partial charge is 0.158 e. The minimum absolute atomic E-state index is 0.625. The summed E-state index contributed by atoms with van der Waals surface area (Å²) in [5.74, 6) is 1.01. The molecule has 0 aromatic carbocycles. The van der Waals surface area contributed by atoms with Crippen molar-refractivity contribution in [3.63, 3.8) is 0 Å². The SMILES string of the molecule is c1ccc(-c2nccn2C2CCCC2)nc1. The van der Waals surface area contributed by atoms with Gasteiger partial charge >= 0.3 is 0 Å². The first-order valence-electron chi connectivity index (χ1n) is 5.89. The zero-order valence-corrected chi connectivity index (χ0v) is 9.21. The van der Waals surface area contributed by atoms with Crippen LogP contribution >= 0.6 is 0 Å². The minimum Gasteiger partial charge on any atom is -0.327 e. The molecule has 2 heterocycles. The zero-order valence-electron chi connectivity index (χ0n) is 9.21. The summed E-state index contributed by atoms with van der Waals surface area (Å²) in [6.07, 6.45) is 11.0. The highest BCUT2D eigenvalue weighted by atomic mass is 15.1. The highest BCUT2D eigenvalue weighted by Crippen LogP contribution is 2.32. The van der Waals surface area contributed by atoms with Crippen LogP contribution in [0.25, 0.3) is 11.5 Å². The van der Waals surface area contributed by atoms with Crippen LogP contribution in [0.4, 0.5) is 0 Å². The second-order valence-electron chi connectivity index (χ2n) is 4.31. The van der Waals surface area contributed by atoms with E-state index in [1.807, 2.05) is 30.6 Å². The molecule has 1 saturated carbocycles. The highest BCUT2D eigenvalue weighted by molar-refractivity contribution is 5.49. The van der Waals surface area contributed by atoms with Gasteiger partial charge in [-0.05, 0) is 25.0 Å². The van der Waals surface area contributed by atoms with Crippen molar-refractivity contribution < 1.29 is 0 Å². The maximum atomic E-state index is 4.43. The first-order chi connectivity index (χ1) is 7.95. The number of hydrogen-bond acceptors (Lipinski definition) is 2. The van der Waals surface area contributed by atoms with Gasteiger partial charge in [0, 0.05) is 24.6 Å². The fourth-order valence-corrected chi connectivity index (χ4v) is 2.48. The van der Waals surface area contributed by atoms with E-state index in [0.29, 0.717) is 6.04 Å². The molecule has 1 aliphatic carbocycles. The molecule has 0 N–H and O–H groups in total. The summed E-state index contributed by atoms with van der Waals surface area (Å²) < 4.78 is 2.29. The second-order valence-corrected chi connectivity index (χ2v) is 4.31. The summed E-state index contributed by atoms with van der Waals surface area (Å²) in [5.41, 5.74) is 0.972. The number of nitrogens with zero attached hydrogens (tertiary/aromatic N) is 3. The molecule has 3 rings (SSSR count). The Kier molecular flexibility index (Phi) is 2.44. The Morgan fingerprint density at radius 3 is 2.69 bits per heavy atom. The average Bonchev–Trinajstić information content (AvgIpc) is 3.01. The van der Waals surface area contributed by atoms with E-state index >= 15 is 0 Å². The van der Waals surface area contributed by atoms with Crippen LogP contribution in [0.1, 0.15) is 31.7 Å². The van der Waals surface area contributed by atoms with Gasteiger partial charge in [0.2, 0.25) is 0 Å². The fraction of sp³-hybridized carbons (Fsp3) is 0.385. The Morgan fingerprint density at radius 2 is 1.94 bits per heavy atom. The molecular formula is C13H15N3. The lowest BCUT2D eigenvalue weighted by Gasteiger charge is -2.14. The van der Waals surface area contributed by atoms with E-state index in [9.17, 15) is 0 Å². The standard InChI is InChI=1S/C13H15N3/c1-2-6-11(5-1)16-10-9-15-13(16)12-7-3-4-8-14-12/h3-4,7-11H,1-2,5-6H2. The summed E-state index contributed by atoms with van der Waals surface area (Å²) in [4.78, 5) is 8.80. The van der Waals surface area contributed by atoms with Crippen molar-refractivity contribution in [2.45, 2.75) is 31.7 Å². The lowest BCUT2D eigenvalue weighted by atomic mass is 10.2. The molecule has 0 aliphatic heterocycles. The van der Waals surface area contributed by atoms with E-state index in [4.69, 9.17) is 0 Å². The Bertz CT molecular complexity index is 455. The van der Waals surface area contributed by atoms with Crippen LogP contribution in [0.2, 0.25) is 0 Å². The monoisotopic (exact) mass is 213 g/mol. The molecule has 0 atom stereocenters. The summed E-state index contributed by atoms with van der Waals surface area (Å²) >= 11 is 0. The van der Waals surface area contributed by atoms with Crippen molar-refractivity contribution in [1.29, 1.82) is 0 Å². The molecule has 82 valence electrons. The van der Waals surface area contributed by atoms with E-state index in [2.05, 4.69) is 20.7 Å². The van der Waals surface area contributed by atoms with E-state index < -0.39 is 0 Å². The highest BCUT2D eigenvalue weighted by Gasteiger charge is 2.19. The molecule has 0 bridgehead atoms. The molecule has 0 amide bonds. The molecular weight excluding hydrogens is 198 g/mol. The number of imidazole rings is 1. The molecule has 3 nitrogen and oxygen atoms in total. The largest absolute Gasteiger partial charge is 0.327 e. The predicted molar refractivity (Wildman–Crippen MR) is 63.0 cm³/mol. The molecule has 2 aromatic heterocycles. The summed E-state index contributed by atoms with van der Waals surface area (Å²) in [6.45, 7) is 0. The third-order valence-corrected chi connectivity index (χ3v) is 3.28. The van der Waals surface area contributed by atoms with E-state index in [0.717, 1.165) is 11.5 Å². The van der Waals surface area contributed by atoms with Crippen molar-refractivity contribution in [3.8, 4) is 11.5 Å². The van der Waals surface area contributed by atoms with Crippen molar-refractivity contribution in [1.82, 2.24) is 14.5 Å². The van der Waals surface area contributed by atoms with Gasteiger partial charge in [-0.15, -0.1) is 0 Å². The first kappa shape index (κ1) is 9.58. The summed E-state index contributed by atoms with van der Waals surface area (Å²) in [5, 5.41) is 0. The molecule has 0 saturated heterocycles. The van der Waals surface area contributed by atoms with Gasteiger partial charge in [0.1, 0.15) is 5.69 Å². The number of pyridine rings is 1. The van der Waals surface area contributed by atoms with Gasteiger partial charge in [-0.3, -0.25) is 4.98 Å². The lowest BCUT2D eigenvalue weighted by Crippen LogP contribution is -2.05. The molecule has 0 radical (unpaired) electrons. The van der Waals surface area contributed by atoms with Crippen LogP contribution in [0.3, 0.4) is 0 Å². The molecule has 1 aliphatic rings. The van der Waals surface area contributed by atoms with Gasteiger partial charge in [0.25, 0.3) is 0 Å². The maximum absolute atomic E-state index is 4.43. The topological polar surface area (TPSA) is 30.7 Å². The van der Waals surface area contributed by atoms with Crippen molar-refractivity contribution in [3.05, 3.63) is 36.8 Å². The van der Waals surface area contributed by atoms with E-state index in [1.165, 1.54) is 25.7 Å². The lowest BCUT2D eigenvalue weighted by molar-refractivity contribution is 0.523. The summed E-state index contributed by atoms with van der Waals surface area (Å²) in [7, 11) is 0. The predicted octanol–water partition coefficient (Wildman–Crippen LogP) is 3.06. The van der Waals surface area contributed by atoms with Crippen LogP contribution in [0.15, 0.2) is 36.8 Å². The van der Waals surface area contributed by atoms with Gasteiger partial charge in [0.05, 0.1) is 0 Å². The quantitative estimate of drug-likeness (QED) is 0.767. The molecule has 1 fully saturated rings. The third kappa shape index (κ3) is 1.62. The number of aromatic nitrogens is 3. The Balaban J connectivity index is 1.99. The van der Waals surface area contributed by atoms with Gasteiger partial charge in [-0.2, -0.15) is 0 Å². The van der Waals surface area contributed by atoms with Crippen molar-refractivity contribution >= 4 is 0 Å². The molecule has 0 unspecified atom stereocenters. The average molecular weight is 213 g/mol. The Hall–Kier alpha value is -1.64. The van der Waals surface area contributed by atoms with Crippen LogP contribution in [-0.2, 0) is 0 Å². The zero-order chi connectivity index (χ0) is 10.8. The van der Waals surface area contributed by atoms with E-state index in [-0.39, 0.29) is 0 Å². The molecule has 3 heteroatoms. The van der Waals surface area contributed by atoms with E-state index in [1.54, 1.807) is 0 Å². The Labute approximate surface area is 95.2 Å². The fourth-order valence-electron chi connectivity index (χ4n) is 2.48. The number of rotatable bonds is 2. The maximum Gasteiger partial charge on any atom is 0.158 e. The second kappa shape index (κ2) is 4.08. The molecule has 16 heavy (non-hydrogen) atoms. The van der Waals surface area contributed by atoms with Gasteiger partial charge in [-0.1, -0.05) is 18.9 Å². The van der Waals surface area contributed by atoms with Gasteiger partial charge in [0.15, 0.2) is 5.82 Å². The van der Waals surface area contributed by atoms with Gasteiger partial charge in [-0.25, -0.2) is 4.98 Å². The number of hydrogen-bond donors (Lipinski definition) is 0. The minimum atomic E-state index is 0.625. The third-order valence-electron chi connectivity index (χ3n) is 3.28. The van der Waals surface area contributed by atoms with Crippen LogP contribution in [0, 0.1) is 0 Å². The van der Waals surface area contributed by atoms with Crippen LogP contribution < -0.4 is 0 Å². The van der Waals surface area contributed by atoms with Crippen LogP contribution in [0.5, 0.6) is 0 Å². The first-order valence-corrected chi connectivity index (χ1v) is 5.89. The Morgan fingerprint density at radius 1 is 1.06 bits per heavy atom. The normalized spacial score (nSPS) is 16.8. The molecule has 0 spiro atoms. The van der Waals surface area contributed by atoms with Gasteiger partial charge < -0.3 is 4.57 Å². The molecule has 2 aromatic rings. The summed E-state index contributed by atoms with van der Waals surface area (Å²) in [6, 6.07) is 6.59. The van der Waals surface area contributed by atoms with Crippen LogP contribution in [-0.4, -0.2) is 14.5 Å².